The highest BCUT2D eigenvalue weighted by Crippen LogP contribution is 2.29. The smallest absolute Gasteiger partial charge is 0.189 e. The molecule has 122 valence electrons. The van der Waals surface area contributed by atoms with E-state index in [0.717, 1.165) is 19.3 Å². The normalized spacial score (nSPS) is 23.9. The molecule has 0 bridgehead atoms. The number of nitrogens with two attached hydrogens (primary N) is 1. The zero-order valence-electron chi connectivity index (χ0n) is 12.8. The monoisotopic (exact) mass is 317 g/mol. The fourth-order valence-corrected chi connectivity index (χ4v) is 2.47. The Kier molecular flexibility index (Phi) is 4.43. The van der Waals surface area contributed by atoms with Crippen molar-refractivity contribution >= 4 is 17.0 Å². The van der Waals surface area contributed by atoms with Gasteiger partial charge in [0.15, 0.2) is 29.0 Å². The average Bonchev–Trinajstić information content (AvgIpc) is 3.06. The topological polar surface area (TPSA) is 119 Å². The summed E-state index contributed by atoms with van der Waals surface area (Å²) in [6.07, 6.45) is 1.27. The highest BCUT2D eigenvalue weighted by atomic mass is 16.5. The van der Waals surface area contributed by atoms with Crippen molar-refractivity contribution < 1.29 is 14.9 Å². The predicted octanol–water partition coefficient (Wildman–Crippen LogP) is 0.201. The number of aliphatic hydroxyl groups is 2. The molecule has 0 amide bonds. The van der Waals surface area contributed by atoms with Gasteiger partial charge in [-0.05, 0) is 12.3 Å². The fraction of sp³-hybridized carbons (Fsp3) is 0.533. The Labute approximate surface area is 133 Å². The number of hydrogen-bond acceptors (Lipinski definition) is 7. The number of rotatable bonds is 3. The predicted molar refractivity (Wildman–Crippen MR) is 83.1 cm³/mol. The lowest BCUT2D eigenvalue weighted by Crippen LogP contribution is -2.28. The van der Waals surface area contributed by atoms with Crippen LogP contribution in [0.2, 0.25) is 0 Å². The van der Waals surface area contributed by atoms with E-state index in [1.807, 2.05) is 0 Å². The maximum atomic E-state index is 10.1. The Bertz CT molecular complexity index is 764. The second-order valence-corrected chi connectivity index (χ2v) is 5.42. The first kappa shape index (κ1) is 15.7. The molecule has 2 aromatic heterocycles. The number of nitrogen functional groups attached to an aromatic ring is 1. The third-order valence-corrected chi connectivity index (χ3v) is 3.74. The molecule has 3 atom stereocenters. The lowest BCUT2D eigenvalue weighted by molar-refractivity contribution is -0.0167. The van der Waals surface area contributed by atoms with Crippen LogP contribution in [0.3, 0.4) is 0 Å². The summed E-state index contributed by atoms with van der Waals surface area (Å²) in [5, 5.41) is 19.9. The van der Waals surface area contributed by atoms with Crippen LogP contribution in [0.15, 0.2) is 6.33 Å². The molecule has 1 aliphatic rings. The molecule has 3 heterocycles. The number of unbranched alkanes of at least 4 members (excludes halogenated alkanes) is 2. The summed E-state index contributed by atoms with van der Waals surface area (Å²) in [7, 11) is 0. The quantitative estimate of drug-likeness (QED) is 0.546. The van der Waals surface area contributed by atoms with Crippen LogP contribution in [-0.4, -0.2) is 48.5 Å². The lowest BCUT2D eigenvalue weighted by atomic mass is 10.2. The summed E-state index contributed by atoms with van der Waals surface area (Å²) < 4.78 is 7.07. The minimum absolute atomic E-state index is 0.0365. The van der Waals surface area contributed by atoms with Gasteiger partial charge in [0.2, 0.25) is 0 Å². The zero-order chi connectivity index (χ0) is 16.4. The minimum atomic E-state index is -1.08. The molecule has 4 N–H and O–H groups in total. The van der Waals surface area contributed by atoms with E-state index in [1.165, 1.54) is 6.33 Å². The number of hydrogen-bond donors (Lipinski definition) is 3. The van der Waals surface area contributed by atoms with E-state index in [-0.39, 0.29) is 12.4 Å². The number of aromatic nitrogens is 4. The maximum absolute atomic E-state index is 10.1. The van der Waals surface area contributed by atoms with Crippen molar-refractivity contribution in [2.75, 3.05) is 12.3 Å². The molecule has 0 unspecified atom stereocenters. The van der Waals surface area contributed by atoms with Gasteiger partial charge >= 0.3 is 0 Å². The van der Waals surface area contributed by atoms with Crippen LogP contribution < -0.4 is 5.73 Å². The van der Waals surface area contributed by atoms with Crippen molar-refractivity contribution in [3.63, 3.8) is 0 Å². The van der Waals surface area contributed by atoms with Crippen molar-refractivity contribution in [3.8, 4) is 11.8 Å². The summed E-state index contributed by atoms with van der Waals surface area (Å²) in [5.74, 6) is 6.66. The van der Waals surface area contributed by atoms with Gasteiger partial charge in [0, 0.05) is 6.42 Å². The average molecular weight is 317 g/mol. The number of ether oxygens (including phenoxy) is 1. The van der Waals surface area contributed by atoms with Crippen molar-refractivity contribution in [2.24, 2.45) is 0 Å². The van der Waals surface area contributed by atoms with Crippen molar-refractivity contribution in [3.05, 3.63) is 12.2 Å². The summed E-state index contributed by atoms with van der Waals surface area (Å²) in [6.45, 7) is 2.13. The van der Waals surface area contributed by atoms with Gasteiger partial charge < -0.3 is 20.7 Å². The fourth-order valence-electron chi connectivity index (χ4n) is 2.47. The molecule has 0 aromatic carbocycles. The lowest BCUT2D eigenvalue weighted by Gasteiger charge is -2.17. The Hall–Kier alpha value is -2.21. The van der Waals surface area contributed by atoms with E-state index in [4.69, 9.17) is 10.5 Å². The molecule has 0 spiro atoms. The van der Waals surface area contributed by atoms with Crippen LogP contribution >= 0.6 is 0 Å². The van der Waals surface area contributed by atoms with Crippen molar-refractivity contribution in [1.29, 1.82) is 0 Å². The van der Waals surface area contributed by atoms with E-state index >= 15 is 0 Å². The SMILES string of the molecule is CCCCC#Cc1nc2c(N)ncnc2n1[C@@H]1OC[C@@H](O)[C@H]1O. The summed E-state index contributed by atoms with van der Waals surface area (Å²) in [5.41, 5.74) is 6.68. The summed E-state index contributed by atoms with van der Waals surface area (Å²) in [4.78, 5) is 12.5. The summed E-state index contributed by atoms with van der Waals surface area (Å²) in [6, 6.07) is 0. The number of aliphatic hydroxyl groups excluding tert-OH is 2. The molecule has 8 nitrogen and oxygen atoms in total. The van der Waals surface area contributed by atoms with Crippen LogP contribution in [0.4, 0.5) is 5.82 Å². The van der Waals surface area contributed by atoms with Gasteiger partial charge in [0.1, 0.15) is 18.5 Å². The first-order valence-corrected chi connectivity index (χ1v) is 7.58. The third-order valence-electron chi connectivity index (χ3n) is 3.74. The van der Waals surface area contributed by atoms with Gasteiger partial charge in [0.25, 0.3) is 0 Å². The van der Waals surface area contributed by atoms with E-state index in [2.05, 4.69) is 33.7 Å². The van der Waals surface area contributed by atoms with Gasteiger partial charge in [0.05, 0.1) is 6.61 Å². The Morgan fingerprint density at radius 1 is 1.43 bits per heavy atom. The molecule has 8 heteroatoms. The van der Waals surface area contributed by atoms with Crippen LogP contribution in [0.5, 0.6) is 0 Å². The van der Waals surface area contributed by atoms with Crippen molar-refractivity contribution in [2.45, 2.75) is 44.6 Å². The van der Waals surface area contributed by atoms with E-state index in [0.29, 0.717) is 17.0 Å². The van der Waals surface area contributed by atoms with Crippen LogP contribution in [0, 0.1) is 11.8 Å². The Morgan fingerprint density at radius 2 is 2.26 bits per heavy atom. The Balaban J connectivity index is 2.08. The first-order valence-electron chi connectivity index (χ1n) is 7.58. The van der Waals surface area contributed by atoms with Gasteiger partial charge in [-0.3, -0.25) is 4.57 Å². The molecule has 3 rings (SSSR count). The Morgan fingerprint density at radius 3 is 2.96 bits per heavy atom. The third kappa shape index (κ3) is 2.86. The second-order valence-electron chi connectivity index (χ2n) is 5.42. The molecule has 2 aromatic rings. The number of anilines is 1. The van der Waals surface area contributed by atoms with Crippen LogP contribution in [0.1, 0.15) is 38.2 Å². The van der Waals surface area contributed by atoms with Crippen LogP contribution in [0.25, 0.3) is 11.2 Å². The molecule has 0 saturated carbocycles. The van der Waals surface area contributed by atoms with Crippen LogP contribution in [-0.2, 0) is 4.74 Å². The number of fused-ring (bicyclic) bond motifs is 1. The highest BCUT2D eigenvalue weighted by molar-refractivity contribution is 5.82. The molecule has 0 radical (unpaired) electrons. The van der Waals surface area contributed by atoms with Crippen molar-refractivity contribution in [1.82, 2.24) is 19.5 Å². The standard InChI is InChI=1S/C15H19N5O3/c1-2-3-4-5-6-10-19-11-13(16)17-8-18-14(11)20(10)15-12(22)9(21)7-23-15/h8-9,12,15,21-22H,2-4,7H2,1H3,(H2,16,17,18)/t9-,12-,15-/m1/s1. The molecular formula is C15H19N5O3. The zero-order valence-corrected chi connectivity index (χ0v) is 12.8. The molecule has 23 heavy (non-hydrogen) atoms. The number of nitrogens with zero attached hydrogens (tertiary/aromatic N) is 4. The largest absolute Gasteiger partial charge is 0.388 e. The van der Waals surface area contributed by atoms with E-state index in [1.54, 1.807) is 4.57 Å². The summed E-state index contributed by atoms with van der Waals surface area (Å²) >= 11 is 0. The maximum Gasteiger partial charge on any atom is 0.189 e. The highest BCUT2D eigenvalue weighted by Gasteiger charge is 2.38. The molecule has 0 aliphatic carbocycles. The minimum Gasteiger partial charge on any atom is -0.388 e. The van der Waals surface area contributed by atoms with Gasteiger partial charge in [-0.1, -0.05) is 19.3 Å². The van der Waals surface area contributed by atoms with Gasteiger partial charge in [-0.15, -0.1) is 0 Å². The molecule has 1 fully saturated rings. The first-order chi connectivity index (χ1) is 11.1. The molecule has 1 aliphatic heterocycles. The van der Waals surface area contributed by atoms with Gasteiger partial charge in [-0.2, -0.15) is 0 Å². The molecular weight excluding hydrogens is 298 g/mol. The van der Waals surface area contributed by atoms with E-state index < -0.39 is 18.4 Å². The van der Waals surface area contributed by atoms with Gasteiger partial charge in [-0.25, -0.2) is 15.0 Å². The van der Waals surface area contributed by atoms with E-state index in [9.17, 15) is 10.2 Å². The molecule has 1 saturated heterocycles. The number of imidazole rings is 1. The second kappa shape index (κ2) is 6.50.